The van der Waals surface area contributed by atoms with Gasteiger partial charge in [0.2, 0.25) is 0 Å². The highest BCUT2D eigenvalue weighted by Gasteiger charge is 2.44. The minimum absolute atomic E-state index is 0.248. The summed E-state index contributed by atoms with van der Waals surface area (Å²) >= 11 is 0. The Labute approximate surface area is 132 Å². The largest absolute Gasteiger partial charge is 0.444 e. The zero-order valence-electron chi connectivity index (χ0n) is 14.0. The second kappa shape index (κ2) is 6.72. The van der Waals surface area contributed by atoms with Gasteiger partial charge in [0, 0.05) is 25.8 Å². The molecule has 2 aliphatic rings. The van der Waals surface area contributed by atoms with E-state index in [1.807, 2.05) is 20.8 Å². The average molecular weight is 314 g/mol. The first-order valence-electron chi connectivity index (χ1n) is 8.25. The molecule has 0 aromatic rings. The van der Waals surface area contributed by atoms with Crippen molar-refractivity contribution in [1.29, 1.82) is 0 Å². The number of hydrogen-bond acceptors (Lipinski definition) is 5. The number of rotatable bonds is 2. The molecule has 2 unspecified atom stereocenters. The van der Waals surface area contributed by atoms with E-state index in [4.69, 9.17) is 15.2 Å². The van der Waals surface area contributed by atoms with E-state index in [9.17, 15) is 9.90 Å². The van der Waals surface area contributed by atoms with Gasteiger partial charge in [-0.1, -0.05) is 0 Å². The zero-order valence-corrected chi connectivity index (χ0v) is 14.0. The number of piperidine rings is 1. The molecule has 0 aromatic carbocycles. The van der Waals surface area contributed by atoms with E-state index < -0.39 is 11.2 Å². The van der Waals surface area contributed by atoms with Crippen molar-refractivity contribution in [1.82, 2.24) is 4.90 Å². The van der Waals surface area contributed by atoms with Crippen LogP contribution >= 0.6 is 0 Å². The molecule has 0 aromatic heterocycles. The van der Waals surface area contributed by atoms with E-state index in [0.29, 0.717) is 26.2 Å². The molecule has 2 fully saturated rings. The highest BCUT2D eigenvalue weighted by atomic mass is 16.6. The summed E-state index contributed by atoms with van der Waals surface area (Å²) in [5.41, 5.74) is 4.80. The fraction of sp³-hybridized carbons (Fsp3) is 0.938. The second-order valence-corrected chi connectivity index (χ2v) is 7.58. The first kappa shape index (κ1) is 17.5. The van der Waals surface area contributed by atoms with Crippen LogP contribution in [0.3, 0.4) is 0 Å². The smallest absolute Gasteiger partial charge is 0.410 e. The molecule has 22 heavy (non-hydrogen) atoms. The monoisotopic (exact) mass is 314 g/mol. The van der Waals surface area contributed by atoms with E-state index >= 15 is 0 Å². The summed E-state index contributed by atoms with van der Waals surface area (Å²) < 4.78 is 10.8. The number of carbonyl (C=O) groups excluding carboxylic acids is 1. The molecule has 0 aliphatic carbocycles. The van der Waals surface area contributed by atoms with Crippen LogP contribution in [0, 0.1) is 5.92 Å². The minimum atomic E-state index is -1.03. The van der Waals surface area contributed by atoms with Crippen molar-refractivity contribution >= 4 is 6.09 Å². The Morgan fingerprint density at radius 1 is 1.41 bits per heavy atom. The Bertz CT molecular complexity index is 390. The van der Waals surface area contributed by atoms with Crippen molar-refractivity contribution in [3.8, 4) is 0 Å². The number of β-amino-alcohol motifs (C(OH)–C–C–N with tert-alkyl or cyclic N) is 1. The van der Waals surface area contributed by atoms with Gasteiger partial charge >= 0.3 is 6.09 Å². The molecule has 2 aliphatic heterocycles. The van der Waals surface area contributed by atoms with Crippen molar-refractivity contribution in [3.05, 3.63) is 0 Å². The second-order valence-electron chi connectivity index (χ2n) is 7.58. The number of aliphatic hydroxyl groups is 1. The molecule has 2 heterocycles. The molecule has 0 saturated carbocycles. The number of ether oxygens (including phenoxy) is 2. The van der Waals surface area contributed by atoms with Crippen molar-refractivity contribution in [2.45, 2.75) is 63.7 Å². The third-order valence-corrected chi connectivity index (χ3v) is 4.55. The Balaban J connectivity index is 1.99. The number of hydrogen-bond donors (Lipinski definition) is 2. The van der Waals surface area contributed by atoms with Crippen molar-refractivity contribution < 1.29 is 19.4 Å². The minimum Gasteiger partial charge on any atom is -0.444 e. The van der Waals surface area contributed by atoms with Gasteiger partial charge in [-0.25, -0.2) is 4.79 Å². The molecular weight excluding hydrogens is 284 g/mol. The lowest BCUT2D eigenvalue weighted by Crippen LogP contribution is -2.62. The first-order chi connectivity index (χ1) is 10.2. The van der Waals surface area contributed by atoms with Crippen LogP contribution in [0.25, 0.3) is 0 Å². The van der Waals surface area contributed by atoms with Crippen molar-refractivity contribution in [2.24, 2.45) is 11.7 Å². The fourth-order valence-corrected chi connectivity index (χ4v) is 3.33. The maximum absolute atomic E-state index is 12.2. The number of amides is 1. The predicted molar refractivity (Wildman–Crippen MR) is 83.5 cm³/mol. The summed E-state index contributed by atoms with van der Waals surface area (Å²) in [5, 5.41) is 11.0. The molecule has 0 spiro atoms. The van der Waals surface area contributed by atoms with Crippen LogP contribution in [0.1, 0.15) is 46.5 Å². The van der Waals surface area contributed by atoms with Gasteiger partial charge in [0.1, 0.15) is 5.60 Å². The third-order valence-electron chi connectivity index (χ3n) is 4.55. The molecule has 0 bridgehead atoms. The SMILES string of the molecule is CC(C)(C)OC(=O)N1CCCC(O)(C(N)C2CCOCC2)C1. The maximum atomic E-state index is 12.2. The molecule has 0 radical (unpaired) electrons. The van der Waals surface area contributed by atoms with E-state index in [1.165, 1.54) is 0 Å². The molecule has 2 rings (SSSR count). The Kier molecular flexibility index (Phi) is 5.35. The van der Waals surface area contributed by atoms with Gasteiger partial charge in [-0.05, 0) is 52.4 Å². The molecular formula is C16H30N2O4. The molecule has 1 amide bonds. The molecule has 2 atom stereocenters. The summed E-state index contributed by atoms with van der Waals surface area (Å²) in [4.78, 5) is 13.8. The Morgan fingerprint density at radius 3 is 2.64 bits per heavy atom. The standard InChI is InChI=1S/C16H30N2O4/c1-15(2,3)22-14(19)18-8-4-7-16(20,11-18)13(17)12-5-9-21-10-6-12/h12-13,20H,4-11,17H2,1-3H3. The van der Waals surface area contributed by atoms with Crippen LogP contribution in [0.15, 0.2) is 0 Å². The van der Waals surface area contributed by atoms with E-state index in [1.54, 1.807) is 4.90 Å². The van der Waals surface area contributed by atoms with Crippen LogP contribution in [0.2, 0.25) is 0 Å². The van der Waals surface area contributed by atoms with Gasteiger partial charge in [0.25, 0.3) is 0 Å². The van der Waals surface area contributed by atoms with Gasteiger partial charge in [-0.3, -0.25) is 0 Å². The van der Waals surface area contributed by atoms with Gasteiger partial charge < -0.3 is 25.2 Å². The highest BCUT2D eigenvalue weighted by Crippen LogP contribution is 2.31. The average Bonchev–Trinajstić information content (AvgIpc) is 2.45. The normalized spacial score (nSPS) is 29.2. The summed E-state index contributed by atoms with van der Waals surface area (Å²) in [6.07, 6.45) is 2.74. The number of nitrogens with zero attached hydrogens (tertiary/aromatic N) is 1. The van der Waals surface area contributed by atoms with Crippen LogP contribution in [0.5, 0.6) is 0 Å². The Morgan fingerprint density at radius 2 is 2.05 bits per heavy atom. The molecule has 128 valence electrons. The number of likely N-dealkylation sites (tertiary alicyclic amines) is 1. The quantitative estimate of drug-likeness (QED) is 0.807. The van der Waals surface area contributed by atoms with Gasteiger partial charge in [0.05, 0.1) is 12.1 Å². The maximum Gasteiger partial charge on any atom is 0.410 e. The zero-order chi connectivity index (χ0) is 16.4. The first-order valence-corrected chi connectivity index (χ1v) is 8.25. The molecule has 6 heteroatoms. The molecule has 3 N–H and O–H groups in total. The summed E-state index contributed by atoms with van der Waals surface area (Å²) in [6, 6.07) is -0.332. The lowest BCUT2D eigenvalue weighted by Gasteiger charge is -2.45. The highest BCUT2D eigenvalue weighted by molar-refractivity contribution is 5.68. The number of nitrogens with two attached hydrogens (primary N) is 1. The van der Waals surface area contributed by atoms with E-state index in [-0.39, 0.29) is 24.6 Å². The third kappa shape index (κ3) is 4.33. The molecule has 2 saturated heterocycles. The van der Waals surface area contributed by atoms with Crippen molar-refractivity contribution in [2.75, 3.05) is 26.3 Å². The van der Waals surface area contributed by atoms with E-state index in [0.717, 1.165) is 19.3 Å². The van der Waals surface area contributed by atoms with Gasteiger partial charge in [-0.15, -0.1) is 0 Å². The summed E-state index contributed by atoms with van der Waals surface area (Å²) in [6.45, 7) is 7.78. The predicted octanol–water partition coefficient (Wildman–Crippen LogP) is 1.50. The summed E-state index contributed by atoms with van der Waals surface area (Å²) in [5.74, 6) is 0.248. The Hall–Kier alpha value is -0.850. The van der Waals surface area contributed by atoms with Gasteiger partial charge in [-0.2, -0.15) is 0 Å². The van der Waals surface area contributed by atoms with E-state index in [2.05, 4.69) is 0 Å². The number of carbonyl (C=O) groups is 1. The van der Waals surface area contributed by atoms with Crippen LogP contribution < -0.4 is 5.73 Å². The summed E-state index contributed by atoms with van der Waals surface area (Å²) in [7, 11) is 0. The molecule has 6 nitrogen and oxygen atoms in total. The van der Waals surface area contributed by atoms with Crippen LogP contribution in [-0.2, 0) is 9.47 Å². The van der Waals surface area contributed by atoms with Gasteiger partial charge in [0.15, 0.2) is 0 Å². The van der Waals surface area contributed by atoms with Crippen LogP contribution in [0.4, 0.5) is 4.79 Å². The lowest BCUT2D eigenvalue weighted by molar-refractivity contribution is -0.0773. The lowest BCUT2D eigenvalue weighted by atomic mass is 9.77. The van der Waals surface area contributed by atoms with Crippen molar-refractivity contribution in [3.63, 3.8) is 0 Å². The topological polar surface area (TPSA) is 85.0 Å². The van der Waals surface area contributed by atoms with Crippen LogP contribution in [-0.4, -0.2) is 59.6 Å². The fourth-order valence-electron chi connectivity index (χ4n) is 3.33.